The standard InChI is InChI=1S/C24H26ClN3O3S/c1-16-23(17(2)28(27-16)20-12-10-18(25)11-13-20)15-24(29)26-19-6-5-9-22(14-19)32(30,31)21-7-3-4-8-21/h5-6,9-14,21H,3-4,7-8,15H2,1-2H3,(H,26,29). The van der Waals surface area contributed by atoms with E-state index in [-0.39, 0.29) is 22.5 Å². The van der Waals surface area contributed by atoms with Crippen molar-refractivity contribution in [2.75, 3.05) is 5.32 Å². The maximum atomic E-state index is 12.9. The third-order valence-electron chi connectivity index (χ3n) is 6.04. The van der Waals surface area contributed by atoms with E-state index < -0.39 is 9.84 Å². The topological polar surface area (TPSA) is 81.1 Å². The molecule has 1 aliphatic carbocycles. The zero-order valence-electron chi connectivity index (χ0n) is 18.1. The van der Waals surface area contributed by atoms with Crippen molar-refractivity contribution < 1.29 is 13.2 Å². The first-order valence-electron chi connectivity index (χ1n) is 10.7. The van der Waals surface area contributed by atoms with Crippen molar-refractivity contribution in [3.05, 3.63) is 70.5 Å². The molecule has 1 fully saturated rings. The molecule has 168 valence electrons. The van der Waals surface area contributed by atoms with E-state index in [0.29, 0.717) is 23.6 Å². The molecule has 0 aliphatic heterocycles. The molecule has 4 rings (SSSR count). The Hall–Kier alpha value is -2.64. The first-order chi connectivity index (χ1) is 15.3. The number of rotatable bonds is 6. The Morgan fingerprint density at radius 3 is 2.50 bits per heavy atom. The summed E-state index contributed by atoms with van der Waals surface area (Å²) in [4.78, 5) is 13.0. The van der Waals surface area contributed by atoms with Crippen molar-refractivity contribution in [3.63, 3.8) is 0 Å². The predicted octanol–water partition coefficient (Wildman–Crippen LogP) is 5.04. The molecule has 0 radical (unpaired) electrons. The summed E-state index contributed by atoms with van der Waals surface area (Å²) in [6, 6.07) is 13.9. The molecule has 0 atom stereocenters. The summed E-state index contributed by atoms with van der Waals surface area (Å²) in [5.41, 5.74) is 3.83. The van der Waals surface area contributed by atoms with E-state index in [4.69, 9.17) is 11.6 Å². The van der Waals surface area contributed by atoms with Crippen LogP contribution in [-0.4, -0.2) is 29.4 Å². The van der Waals surface area contributed by atoms with Crippen LogP contribution in [0.5, 0.6) is 0 Å². The normalized spacial score (nSPS) is 14.6. The number of sulfone groups is 1. The number of halogens is 1. The van der Waals surface area contributed by atoms with Crippen molar-refractivity contribution in [2.45, 2.75) is 56.1 Å². The van der Waals surface area contributed by atoms with Crippen LogP contribution in [0.2, 0.25) is 5.02 Å². The van der Waals surface area contributed by atoms with Crippen LogP contribution in [0.15, 0.2) is 53.4 Å². The minimum Gasteiger partial charge on any atom is -0.326 e. The summed E-state index contributed by atoms with van der Waals surface area (Å²) in [6.45, 7) is 3.79. The molecule has 32 heavy (non-hydrogen) atoms. The van der Waals surface area contributed by atoms with E-state index in [9.17, 15) is 13.2 Å². The molecular formula is C24H26ClN3O3S. The molecule has 0 unspecified atom stereocenters. The Labute approximate surface area is 193 Å². The predicted molar refractivity (Wildman–Crippen MR) is 126 cm³/mol. The fourth-order valence-corrected chi connectivity index (χ4v) is 6.30. The van der Waals surface area contributed by atoms with Crippen LogP contribution in [0.1, 0.15) is 42.6 Å². The third-order valence-corrected chi connectivity index (χ3v) is 8.55. The minimum atomic E-state index is -3.37. The molecule has 0 saturated heterocycles. The Morgan fingerprint density at radius 1 is 1.12 bits per heavy atom. The third kappa shape index (κ3) is 4.59. The maximum absolute atomic E-state index is 12.9. The van der Waals surface area contributed by atoms with Gasteiger partial charge >= 0.3 is 0 Å². The van der Waals surface area contributed by atoms with E-state index in [0.717, 1.165) is 35.5 Å². The Morgan fingerprint density at radius 2 is 1.81 bits per heavy atom. The highest BCUT2D eigenvalue weighted by atomic mass is 35.5. The van der Waals surface area contributed by atoms with Gasteiger partial charge in [-0.3, -0.25) is 4.79 Å². The number of hydrogen-bond acceptors (Lipinski definition) is 4. The van der Waals surface area contributed by atoms with E-state index in [1.165, 1.54) is 0 Å². The maximum Gasteiger partial charge on any atom is 0.228 e. The van der Waals surface area contributed by atoms with Crippen LogP contribution in [0, 0.1) is 13.8 Å². The second-order valence-electron chi connectivity index (χ2n) is 8.24. The van der Waals surface area contributed by atoms with Crippen LogP contribution < -0.4 is 5.32 Å². The van der Waals surface area contributed by atoms with Gasteiger partial charge in [0.2, 0.25) is 5.91 Å². The summed E-state index contributed by atoms with van der Waals surface area (Å²) in [5, 5.41) is 7.75. The lowest BCUT2D eigenvalue weighted by Gasteiger charge is -2.13. The van der Waals surface area contributed by atoms with E-state index in [1.54, 1.807) is 41.1 Å². The number of nitrogens with zero attached hydrogens (tertiary/aromatic N) is 2. The van der Waals surface area contributed by atoms with Crippen molar-refractivity contribution >= 4 is 33.0 Å². The SMILES string of the molecule is Cc1nn(-c2ccc(Cl)cc2)c(C)c1CC(=O)Nc1cccc(S(=O)(=O)C2CCCC2)c1. The van der Waals surface area contributed by atoms with Crippen LogP contribution in [0.3, 0.4) is 0 Å². The average molecular weight is 472 g/mol. The zero-order valence-corrected chi connectivity index (χ0v) is 19.7. The van der Waals surface area contributed by atoms with Gasteiger partial charge in [-0.15, -0.1) is 0 Å². The first-order valence-corrected chi connectivity index (χ1v) is 12.6. The second-order valence-corrected chi connectivity index (χ2v) is 10.9. The smallest absolute Gasteiger partial charge is 0.228 e. The van der Waals surface area contributed by atoms with Gasteiger partial charge in [0.15, 0.2) is 9.84 Å². The van der Waals surface area contributed by atoms with E-state index in [1.807, 2.05) is 26.0 Å². The number of benzene rings is 2. The highest BCUT2D eigenvalue weighted by molar-refractivity contribution is 7.92. The molecule has 1 aliphatic rings. The first kappa shape index (κ1) is 22.6. The molecule has 0 spiro atoms. The summed E-state index contributed by atoms with van der Waals surface area (Å²) >= 11 is 5.98. The minimum absolute atomic E-state index is 0.144. The largest absolute Gasteiger partial charge is 0.326 e. The lowest BCUT2D eigenvalue weighted by molar-refractivity contribution is -0.115. The molecule has 3 aromatic rings. The van der Waals surface area contributed by atoms with Gasteiger partial charge in [0.05, 0.1) is 27.9 Å². The summed E-state index contributed by atoms with van der Waals surface area (Å²) in [6.07, 6.45) is 3.44. The van der Waals surface area contributed by atoms with Crippen LogP contribution in [-0.2, 0) is 21.1 Å². The number of anilines is 1. The van der Waals surface area contributed by atoms with Gasteiger partial charge in [-0.1, -0.05) is 30.5 Å². The van der Waals surface area contributed by atoms with E-state index >= 15 is 0 Å². The number of nitrogens with one attached hydrogen (secondary N) is 1. The number of carbonyl (C=O) groups excluding carboxylic acids is 1. The molecule has 1 amide bonds. The van der Waals surface area contributed by atoms with Crippen molar-refractivity contribution in [3.8, 4) is 5.69 Å². The summed E-state index contributed by atoms with van der Waals surface area (Å²) < 4.78 is 27.6. The molecule has 1 saturated carbocycles. The zero-order chi connectivity index (χ0) is 22.9. The molecule has 6 nitrogen and oxygen atoms in total. The summed E-state index contributed by atoms with van der Waals surface area (Å²) in [5.74, 6) is -0.220. The van der Waals surface area contributed by atoms with Crippen molar-refractivity contribution in [2.24, 2.45) is 0 Å². The van der Waals surface area contributed by atoms with Crippen molar-refractivity contribution in [1.29, 1.82) is 0 Å². The molecule has 0 bridgehead atoms. The lowest BCUT2D eigenvalue weighted by Crippen LogP contribution is -2.19. The van der Waals surface area contributed by atoms with Gasteiger partial charge in [0.25, 0.3) is 0 Å². The van der Waals surface area contributed by atoms with Gasteiger partial charge in [0, 0.05) is 22.0 Å². The van der Waals surface area contributed by atoms with Gasteiger partial charge < -0.3 is 5.32 Å². The molecular weight excluding hydrogens is 446 g/mol. The summed E-state index contributed by atoms with van der Waals surface area (Å²) in [7, 11) is -3.37. The second kappa shape index (κ2) is 9.08. The van der Waals surface area contributed by atoms with Crippen LogP contribution in [0.25, 0.3) is 5.69 Å². The Balaban J connectivity index is 1.51. The highest BCUT2D eigenvalue weighted by Gasteiger charge is 2.30. The lowest BCUT2D eigenvalue weighted by atomic mass is 10.1. The van der Waals surface area contributed by atoms with E-state index in [2.05, 4.69) is 10.4 Å². The molecule has 1 heterocycles. The quantitative estimate of drug-likeness (QED) is 0.546. The number of aryl methyl sites for hydroxylation is 1. The molecule has 2 aromatic carbocycles. The molecule has 8 heteroatoms. The fourth-order valence-electron chi connectivity index (χ4n) is 4.27. The monoisotopic (exact) mass is 471 g/mol. The Kier molecular flexibility index (Phi) is 6.40. The number of aromatic nitrogens is 2. The van der Waals surface area contributed by atoms with Crippen LogP contribution in [0.4, 0.5) is 5.69 Å². The van der Waals surface area contributed by atoms with Gasteiger partial charge in [-0.2, -0.15) is 5.10 Å². The fraction of sp³-hybridized carbons (Fsp3) is 0.333. The van der Waals surface area contributed by atoms with Crippen molar-refractivity contribution in [1.82, 2.24) is 9.78 Å². The Bertz CT molecular complexity index is 1240. The molecule has 1 aromatic heterocycles. The number of carbonyl (C=O) groups is 1. The van der Waals surface area contributed by atoms with Gasteiger partial charge in [0.1, 0.15) is 0 Å². The van der Waals surface area contributed by atoms with Gasteiger partial charge in [-0.05, 0) is 69.2 Å². The number of hydrogen-bond donors (Lipinski definition) is 1. The highest BCUT2D eigenvalue weighted by Crippen LogP contribution is 2.30. The molecule has 1 N–H and O–H groups in total. The van der Waals surface area contributed by atoms with Gasteiger partial charge in [-0.25, -0.2) is 13.1 Å². The average Bonchev–Trinajstić information content (AvgIpc) is 3.40. The number of amides is 1. The van der Waals surface area contributed by atoms with Crippen LogP contribution >= 0.6 is 11.6 Å².